The van der Waals surface area contributed by atoms with E-state index in [2.05, 4.69) is 0 Å². The average molecular weight is 604 g/mol. The summed E-state index contributed by atoms with van der Waals surface area (Å²) in [5, 5.41) is 12.4. The zero-order valence-corrected chi connectivity index (χ0v) is 24.1. The molecule has 0 saturated carbocycles. The molecule has 2 heterocycles. The van der Waals surface area contributed by atoms with Gasteiger partial charge in [0, 0.05) is 57.6 Å². The van der Waals surface area contributed by atoms with E-state index in [1.54, 1.807) is 6.07 Å². The Labute approximate surface area is 242 Å². The lowest BCUT2D eigenvalue weighted by atomic mass is 9.94. The maximum Gasteiger partial charge on any atom is 0.399 e. The summed E-state index contributed by atoms with van der Waals surface area (Å²) in [5.74, 6) is -9.83. The van der Waals surface area contributed by atoms with Crippen molar-refractivity contribution < 1.29 is 41.0 Å². The van der Waals surface area contributed by atoms with Crippen molar-refractivity contribution in [2.24, 2.45) is 5.92 Å². The van der Waals surface area contributed by atoms with Crippen LogP contribution in [0, 0.1) is 11.1 Å². The van der Waals surface area contributed by atoms with Crippen molar-refractivity contribution in [1.82, 2.24) is 9.21 Å². The number of ether oxygens (including phenoxy) is 2. The number of halogens is 2. The number of rotatable bonds is 9. The molecule has 10 nitrogen and oxygen atoms in total. The Bertz CT molecular complexity index is 1550. The molecule has 1 amide bonds. The highest BCUT2D eigenvalue weighted by atomic mass is 32.2. The molecule has 1 aromatic heterocycles. The largest absolute Gasteiger partial charge is 0.618 e. The van der Waals surface area contributed by atoms with Crippen molar-refractivity contribution in [3.8, 4) is 0 Å². The molecule has 0 N–H and O–H groups in total. The Hall–Kier alpha value is -3.94. The lowest BCUT2D eigenvalue weighted by molar-refractivity contribution is -0.630. The Balaban J connectivity index is 1.66. The van der Waals surface area contributed by atoms with E-state index < -0.39 is 39.3 Å². The normalized spacial score (nSPS) is 17.7. The van der Waals surface area contributed by atoms with Crippen LogP contribution >= 0.6 is 0 Å². The molecule has 1 saturated heterocycles. The Morgan fingerprint density at radius 1 is 1.05 bits per heavy atom. The fraction of sp³-hybridized carbons (Fsp3) is 0.345. The van der Waals surface area contributed by atoms with Crippen LogP contribution in [-0.2, 0) is 36.0 Å². The van der Waals surface area contributed by atoms with E-state index in [4.69, 9.17) is 9.47 Å². The van der Waals surface area contributed by atoms with Crippen LogP contribution < -0.4 is 4.73 Å². The van der Waals surface area contributed by atoms with Crippen LogP contribution in [-0.4, -0.2) is 63.8 Å². The van der Waals surface area contributed by atoms with Gasteiger partial charge in [-0.05, 0) is 37.1 Å². The van der Waals surface area contributed by atoms with Crippen molar-refractivity contribution in [3.05, 3.63) is 101 Å². The van der Waals surface area contributed by atoms with E-state index in [1.807, 2.05) is 0 Å². The fourth-order valence-electron chi connectivity index (χ4n) is 4.86. The maximum atomic E-state index is 16.2. The summed E-state index contributed by atoms with van der Waals surface area (Å²) in [7, 11) is -0.143. The molecule has 0 aliphatic carbocycles. The summed E-state index contributed by atoms with van der Waals surface area (Å²) in [5.41, 5.74) is -1.07. The van der Waals surface area contributed by atoms with Crippen molar-refractivity contribution >= 4 is 21.9 Å². The zero-order valence-electron chi connectivity index (χ0n) is 23.3. The fourth-order valence-corrected chi connectivity index (χ4v) is 6.43. The van der Waals surface area contributed by atoms with Gasteiger partial charge >= 0.3 is 17.7 Å². The molecule has 2 aromatic carbocycles. The van der Waals surface area contributed by atoms with E-state index in [1.165, 1.54) is 79.7 Å². The number of carbonyl (C=O) groups excluding carboxylic acids is 2. The van der Waals surface area contributed by atoms with E-state index in [0.717, 1.165) is 23.7 Å². The standard InChI is InChI=1S/C29H31F2N3O7S/c1-32(2)26(35)21-11-9-15-24(19-21)42(38,39)33-17-10-12-22(20-33)27(36)41-29(40-3,23-13-5-4-6-14-23)28(30,31)25-16-7-8-18-34(25)37/h4-9,11,13-16,18-19,22H,10,12,17,20H2,1-3H3/t22-,29?/m0/s1. The summed E-state index contributed by atoms with van der Waals surface area (Å²) in [6.45, 7) is -0.275. The lowest BCUT2D eigenvalue weighted by Crippen LogP contribution is -2.54. The molecular weight excluding hydrogens is 572 g/mol. The number of hydrogen-bond donors (Lipinski definition) is 0. The van der Waals surface area contributed by atoms with E-state index in [9.17, 15) is 23.2 Å². The van der Waals surface area contributed by atoms with Crippen LogP contribution in [0.5, 0.6) is 0 Å². The van der Waals surface area contributed by atoms with Crippen LogP contribution in [0.15, 0.2) is 83.9 Å². The molecule has 2 atom stereocenters. The molecule has 0 bridgehead atoms. The monoisotopic (exact) mass is 603 g/mol. The Kier molecular flexibility index (Phi) is 8.95. The molecule has 1 unspecified atom stereocenters. The molecule has 4 rings (SSSR count). The van der Waals surface area contributed by atoms with Crippen molar-refractivity contribution in [3.63, 3.8) is 0 Å². The first-order chi connectivity index (χ1) is 19.8. The van der Waals surface area contributed by atoms with Gasteiger partial charge in [0.15, 0.2) is 6.20 Å². The zero-order chi connectivity index (χ0) is 30.7. The van der Waals surface area contributed by atoms with Gasteiger partial charge in [-0.2, -0.15) is 17.8 Å². The molecule has 42 heavy (non-hydrogen) atoms. The van der Waals surface area contributed by atoms with Crippen molar-refractivity contribution in [2.75, 3.05) is 34.3 Å². The third-order valence-corrected chi connectivity index (χ3v) is 8.95. The van der Waals surface area contributed by atoms with Crippen LogP contribution in [0.25, 0.3) is 0 Å². The number of benzene rings is 2. The number of alkyl halides is 2. The number of nitrogens with zero attached hydrogens (tertiary/aromatic N) is 3. The summed E-state index contributed by atoms with van der Waals surface area (Å²) in [6.07, 6.45) is 1.30. The first-order valence-corrected chi connectivity index (χ1v) is 14.5. The van der Waals surface area contributed by atoms with E-state index in [-0.39, 0.29) is 52.6 Å². The van der Waals surface area contributed by atoms with Crippen molar-refractivity contribution in [1.29, 1.82) is 0 Å². The number of methoxy groups -OCH3 is 1. The minimum absolute atomic E-state index is 0.0331. The molecule has 1 aliphatic heterocycles. The van der Waals surface area contributed by atoms with Gasteiger partial charge in [0.1, 0.15) is 0 Å². The van der Waals surface area contributed by atoms with Gasteiger partial charge in [-0.25, -0.2) is 8.42 Å². The second-order valence-electron chi connectivity index (χ2n) is 10.0. The van der Waals surface area contributed by atoms with Crippen molar-refractivity contribution in [2.45, 2.75) is 29.4 Å². The molecule has 3 aromatic rings. The summed E-state index contributed by atoms with van der Waals surface area (Å²) in [4.78, 5) is 27.1. The molecule has 224 valence electrons. The third kappa shape index (κ3) is 5.72. The first-order valence-electron chi connectivity index (χ1n) is 13.1. The molecule has 0 spiro atoms. The smallest absolute Gasteiger partial charge is 0.399 e. The molecule has 0 radical (unpaired) electrons. The second kappa shape index (κ2) is 12.1. The van der Waals surface area contributed by atoms with Gasteiger partial charge in [0.2, 0.25) is 10.0 Å². The highest BCUT2D eigenvalue weighted by Gasteiger charge is 2.65. The number of piperidine rings is 1. The number of esters is 1. The SMILES string of the molecule is COC(OC(=O)[C@H]1CCCN(S(=O)(=O)c2cccc(C(=O)N(C)C)c2)C1)(c1ccccc1)C(F)(F)c1cccc[n+]1[O-]. The average Bonchev–Trinajstić information content (AvgIpc) is 2.99. The summed E-state index contributed by atoms with van der Waals surface area (Å²) in [6, 6.07) is 16.0. The second-order valence-corrected chi connectivity index (χ2v) is 12.0. The lowest BCUT2D eigenvalue weighted by Gasteiger charge is -2.39. The number of pyridine rings is 1. The minimum atomic E-state index is -4.17. The van der Waals surface area contributed by atoms with Gasteiger partial charge in [-0.15, -0.1) is 0 Å². The summed E-state index contributed by atoms with van der Waals surface area (Å²) >= 11 is 0. The Morgan fingerprint density at radius 3 is 2.38 bits per heavy atom. The molecule has 13 heteroatoms. The quantitative estimate of drug-likeness (QED) is 0.159. The number of hydrogen-bond acceptors (Lipinski definition) is 7. The van der Waals surface area contributed by atoms with Crippen LogP contribution in [0.2, 0.25) is 0 Å². The highest BCUT2D eigenvalue weighted by molar-refractivity contribution is 7.89. The van der Waals surface area contributed by atoms with Gasteiger partial charge < -0.3 is 19.6 Å². The summed E-state index contributed by atoms with van der Waals surface area (Å²) < 4.78 is 71.3. The van der Waals surface area contributed by atoms with E-state index in [0.29, 0.717) is 0 Å². The topological polar surface area (TPSA) is 120 Å². The minimum Gasteiger partial charge on any atom is -0.618 e. The van der Waals surface area contributed by atoms with E-state index >= 15 is 8.78 Å². The predicted octanol–water partition coefficient (Wildman–Crippen LogP) is 3.26. The molecule has 1 aliphatic rings. The highest BCUT2D eigenvalue weighted by Crippen LogP contribution is 2.48. The maximum absolute atomic E-state index is 16.2. The third-order valence-electron chi connectivity index (χ3n) is 7.09. The van der Waals surface area contributed by atoms with Gasteiger partial charge in [0.05, 0.1) is 10.8 Å². The van der Waals surface area contributed by atoms with Crippen LogP contribution in [0.1, 0.15) is 34.5 Å². The number of sulfonamides is 1. The van der Waals surface area contributed by atoms with Crippen LogP contribution in [0.4, 0.5) is 8.78 Å². The molecule has 1 fully saturated rings. The number of carbonyl (C=O) groups is 2. The number of amides is 1. The predicted molar refractivity (Wildman–Crippen MR) is 146 cm³/mol. The first kappa shape index (κ1) is 31.0. The molecular formula is C29H31F2N3O7S. The van der Waals surface area contributed by atoms with Crippen LogP contribution in [0.3, 0.4) is 0 Å². The Morgan fingerprint density at radius 2 is 1.74 bits per heavy atom. The van der Waals surface area contributed by atoms with Gasteiger partial charge in [-0.1, -0.05) is 36.4 Å². The van der Waals surface area contributed by atoms with Gasteiger partial charge in [-0.3, -0.25) is 9.59 Å². The number of aromatic nitrogens is 1. The van der Waals surface area contributed by atoms with Gasteiger partial charge in [0.25, 0.3) is 11.6 Å².